The summed E-state index contributed by atoms with van der Waals surface area (Å²) in [7, 11) is 0. The van der Waals surface area contributed by atoms with Crippen molar-refractivity contribution in [2.45, 2.75) is 19.9 Å². The maximum atomic E-state index is 10.2. The minimum absolute atomic E-state index is 0.221. The Balaban J connectivity index is 2.43. The summed E-state index contributed by atoms with van der Waals surface area (Å²) >= 11 is 0. The third-order valence-electron chi connectivity index (χ3n) is 2.38. The van der Waals surface area contributed by atoms with Crippen molar-refractivity contribution in [3.05, 3.63) is 47.5 Å². The number of hydrogen-bond donors (Lipinski definition) is 2. The Morgan fingerprint density at radius 2 is 2.06 bits per heavy atom. The summed E-state index contributed by atoms with van der Waals surface area (Å²) in [5.74, 6) is -0.912. The number of hydrogen-bond acceptors (Lipinski definition) is 2. The van der Waals surface area contributed by atoms with Gasteiger partial charge in [0.05, 0.1) is 0 Å². The van der Waals surface area contributed by atoms with Crippen molar-refractivity contribution in [2.75, 3.05) is 6.54 Å². The van der Waals surface area contributed by atoms with Crippen LogP contribution in [0.3, 0.4) is 0 Å². The predicted molar refractivity (Wildman–Crippen MR) is 64.4 cm³/mol. The number of carbonyl (C=O) groups is 1. The highest BCUT2D eigenvalue weighted by atomic mass is 16.4. The van der Waals surface area contributed by atoms with Crippen molar-refractivity contribution >= 4 is 5.97 Å². The van der Waals surface area contributed by atoms with Crippen LogP contribution in [0.5, 0.6) is 0 Å². The lowest BCUT2D eigenvalue weighted by Crippen LogP contribution is -2.18. The Kier molecular flexibility index (Phi) is 4.73. The van der Waals surface area contributed by atoms with Crippen LogP contribution in [0.2, 0.25) is 0 Å². The fraction of sp³-hybridized carbons (Fsp3) is 0.308. The van der Waals surface area contributed by atoms with Gasteiger partial charge in [0.2, 0.25) is 0 Å². The second kappa shape index (κ2) is 6.08. The monoisotopic (exact) mass is 219 g/mol. The van der Waals surface area contributed by atoms with E-state index in [1.54, 1.807) is 6.08 Å². The van der Waals surface area contributed by atoms with Gasteiger partial charge in [0.15, 0.2) is 0 Å². The Bertz CT molecular complexity index is 368. The first-order chi connectivity index (χ1) is 7.59. The molecule has 16 heavy (non-hydrogen) atoms. The first-order valence-corrected chi connectivity index (χ1v) is 5.29. The summed E-state index contributed by atoms with van der Waals surface area (Å²) in [6, 6.07) is 8.52. The van der Waals surface area contributed by atoms with Gasteiger partial charge in [-0.05, 0) is 19.4 Å². The molecule has 0 radical (unpaired) electrons. The molecule has 2 N–H and O–H groups in total. The van der Waals surface area contributed by atoms with Crippen LogP contribution in [0.15, 0.2) is 36.4 Å². The molecular formula is C13H17NO2. The van der Waals surface area contributed by atoms with E-state index < -0.39 is 5.97 Å². The second-order valence-electron chi connectivity index (χ2n) is 3.78. The normalized spacial score (nSPS) is 12.9. The summed E-state index contributed by atoms with van der Waals surface area (Å²) in [4.78, 5) is 10.2. The molecule has 0 unspecified atom stereocenters. The largest absolute Gasteiger partial charge is 0.478 e. The molecule has 3 heteroatoms. The highest BCUT2D eigenvalue weighted by Gasteiger charge is 2.02. The molecule has 86 valence electrons. The van der Waals surface area contributed by atoms with Gasteiger partial charge < -0.3 is 10.4 Å². The summed E-state index contributed by atoms with van der Waals surface area (Å²) in [5.41, 5.74) is 2.44. The molecule has 0 aliphatic heterocycles. The standard InChI is InChI=1S/C13H17NO2/c1-10-5-7-12(8-6-10)11(2)14-9-3-4-13(15)16/h3-8,11,14H,9H2,1-2H3,(H,15,16)/b4-3+/t11-/m0/s1. The van der Waals surface area contributed by atoms with Crippen LogP contribution in [0.4, 0.5) is 0 Å². The van der Waals surface area contributed by atoms with E-state index >= 15 is 0 Å². The number of benzene rings is 1. The number of carboxylic acids is 1. The van der Waals surface area contributed by atoms with Crippen molar-refractivity contribution in [1.29, 1.82) is 0 Å². The molecule has 0 aliphatic carbocycles. The number of rotatable bonds is 5. The molecule has 0 aliphatic rings. The van der Waals surface area contributed by atoms with Gasteiger partial charge in [0.1, 0.15) is 0 Å². The lowest BCUT2D eigenvalue weighted by atomic mass is 10.1. The van der Waals surface area contributed by atoms with E-state index in [0.29, 0.717) is 6.54 Å². The van der Waals surface area contributed by atoms with Crippen molar-refractivity contribution < 1.29 is 9.90 Å². The van der Waals surface area contributed by atoms with E-state index in [1.165, 1.54) is 11.1 Å². The molecule has 1 rings (SSSR count). The van der Waals surface area contributed by atoms with Crippen molar-refractivity contribution in [3.63, 3.8) is 0 Å². The number of nitrogens with one attached hydrogen (secondary N) is 1. The first kappa shape index (κ1) is 12.5. The van der Waals surface area contributed by atoms with Gasteiger partial charge in [0, 0.05) is 18.7 Å². The highest BCUT2D eigenvalue weighted by Crippen LogP contribution is 2.12. The van der Waals surface area contributed by atoms with Gasteiger partial charge >= 0.3 is 5.97 Å². The quantitative estimate of drug-likeness (QED) is 0.747. The number of carboxylic acid groups (broad SMARTS) is 1. The summed E-state index contributed by atoms with van der Waals surface area (Å²) < 4.78 is 0. The van der Waals surface area contributed by atoms with Crippen molar-refractivity contribution in [3.8, 4) is 0 Å². The third-order valence-corrected chi connectivity index (χ3v) is 2.38. The van der Waals surface area contributed by atoms with E-state index in [9.17, 15) is 4.79 Å². The molecule has 0 heterocycles. The average Bonchev–Trinajstić information content (AvgIpc) is 2.25. The smallest absolute Gasteiger partial charge is 0.328 e. The van der Waals surface area contributed by atoms with Crippen molar-refractivity contribution in [1.82, 2.24) is 5.32 Å². The van der Waals surface area contributed by atoms with Crippen LogP contribution in [0.1, 0.15) is 24.1 Å². The molecule has 1 aromatic carbocycles. The topological polar surface area (TPSA) is 49.3 Å². The van der Waals surface area contributed by atoms with Gasteiger partial charge in [-0.15, -0.1) is 0 Å². The molecule has 0 spiro atoms. The number of aryl methyl sites for hydroxylation is 1. The fourth-order valence-electron chi connectivity index (χ4n) is 1.38. The zero-order valence-corrected chi connectivity index (χ0v) is 9.60. The highest BCUT2D eigenvalue weighted by molar-refractivity contribution is 5.79. The molecule has 0 saturated carbocycles. The Morgan fingerprint density at radius 3 is 2.62 bits per heavy atom. The summed E-state index contributed by atoms with van der Waals surface area (Å²) in [5, 5.41) is 11.6. The molecule has 1 atom stereocenters. The van der Waals surface area contributed by atoms with E-state index in [0.717, 1.165) is 6.08 Å². The van der Waals surface area contributed by atoms with Gasteiger partial charge in [0.25, 0.3) is 0 Å². The summed E-state index contributed by atoms with van der Waals surface area (Å²) in [6.07, 6.45) is 2.75. The van der Waals surface area contributed by atoms with Crippen LogP contribution in [0.25, 0.3) is 0 Å². The molecule has 3 nitrogen and oxygen atoms in total. The van der Waals surface area contributed by atoms with Gasteiger partial charge in [-0.2, -0.15) is 0 Å². The fourth-order valence-corrected chi connectivity index (χ4v) is 1.38. The Labute approximate surface area is 95.8 Å². The predicted octanol–water partition coefficient (Wildman–Crippen LogP) is 2.29. The molecule has 0 aromatic heterocycles. The molecule has 0 saturated heterocycles. The maximum Gasteiger partial charge on any atom is 0.328 e. The van der Waals surface area contributed by atoms with E-state index in [2.05, 4.69) is 43.4 Å². The molecular weight excluding hydrogens is 202 g/mol. The zero-order valence-electron chi connectivity index (χ0n) is 9.60. The van der Waals surface area contributed by atoms with Crippen LogP contribution in [-0.2, 0) is 4.79 Å². The van der Waals surface area contributed by atoms with Crippen LogP contribution >= 0.6 is 0 Å². The lowest BCUT2D eigenvalue weighted by molar-refractivity contribution is -0.131. The van der Waals surface area contributed by atoms with Crippen LogP contribution < -0.4 is 5.32 Å². The lowest BCUT2D eigenvalue weighted by Gasteiger charge is -2.12. The maximum absolute atomic E-state index is 10.2. The van der Waals surface area contributed by atoms with Gasteiger partial charge in [-0.1, -0.05) is 35.9 Å². The molecule has 0 amide bonds. The van der Waals surface area contributed by atoms with Gasteiger partial charge in [-0.25, -0.2) is 4.79 Å². The van der Waals surface area contributed by atoms with Crippen LogP contribution in [-0.4, -0.2) is 17.6 Å². The van der Waals surface area contributed by atoms with Gasteiger partial charge in [-0.3, -0.25) is 0 Å². The third kappa shape index (κ3) is 4.28. The number of aliphatic carboxylic acids is 1. The Morgan fingerprint density at radius 1 is 1.44 bits per heavy atom. The Hall–Kier alpha value is -1.61. The van der Waals surface area contributed by atoms with E-state index in [-0.39, 0.29) is 6.04 Å². The van der Waals surface area contributed by atoms with E-state index in [1.807, 2.05) is 0 Å². The average molecular weight is 219 g/mol. The SMILES string of the molecule is Cc1ccc([C@H](C)NC/C=C/C(=O)O)cc1. The van der Waals surface area contributed by atoms with E-state index in [4.69, 9.17) is 5.11 Å². The molecule has 1 aromatic rings. The van der Waals surface area contributed by atoms with Crippen LogP contribution in [0, 0.1) is 6.92 Å². The zero-order chi connectivity index (χ0) is 12.0. The second-order valence-corrected chi connectivity index (χ2v) is 3.78. The minimum atomic E-state index is -0.912. The molecule has 0 bridgehead atoms. The van der Waals surface area contributed by atoms with Crippen molar-refractivity contribution in [2.24, 2.45) is 0 Å². The first-order valence-electron chi connectivity index (χ1n) is 5.29. The minimum Gasteiger partial charge on any atom is -0.478 e. The summed E-state index contributed by atoms with van der Waals surface area (Å²) in [6.45, 7) is 4.66. The molecule has 0 fully saturated rings.